The largest absolute Gasteiger partial charge is 0.464 e. The molecule has 2 N–H and O–H groups in total. The highest BCUT2D eigenvalue weighted by Crippen LogP contribution is 2.22. The summed E-state index contributed by atoms with van der Waals surface area (Å²) in [5.41, 5.74) is 8.08. The molecule has 0 bridgehead atoms. The molecule has 8 heteroatoms. The zero-order valence-electron chi connectivity index (χ0n) is 11.6. The van der Waals surface area contributed by atoms with Crippen LogP contribution in [0, 0.1) is 6.92 Å². The number of carbonyl (C=O) groups is 1. The number of nitrogens with zero attached hydrogens (tertiary/aromatic N) is 4. The second-order valence-corrected chi connectivity index (χ2v) is 5.08. The first-order valence-corrected chi connectivity index (χ1v) is 6.90. The van der Waals surface area contributed by atoms with Crippen LogP contribution in [0.1, 0.15) is 28.8 Å². The highest BCUT2D eigenvalue weighted by molar-refractivity contribution is 9.10. The van der Waals surface area contributed by atoms with Crippen molar-refractivity contribution in [1.29, 1.82) is 0 Å². The summed E-state index contributed by atoms with van der Waals surface area (Å²) in [4.78, 5) is 11.5. The highest BCUT2D eigenvalue weighted by Gasteiger charge is 2.18. The lowest BCUT2D eigenvalue weighted by molar-refractivity contribution is 0.0594. The summed E-state index contributed by atoms with van der Waals surface area (Å²) < 4.78 is 9.06. The normalized spacial score (nSPS) is 10.8. The third-order valence-electron chi connectivity index (χ3n) is 2.93. The fourth-order valence-corrected chi connectivity index (χ4v) is 2.36. The first-order valence-electron chi connectivity index (χ1n) is 6.10. The molecular weight excluding hydrogens is 326 g/mol. The minimum absolute atomic E-state index is 0.128. The van der Waals surface area contributed by atoms with Crippen LogP contribution in [0.5, 0.6) is 0 Å². The SMILES string of the molecule is CCn1nc(C)c(Br)c1Cn1cc(N)c(C(=O)OC)n1. The Morgan fingerprint density at radius 2 is 2.20 bits per heavy atom. The molecule has 0 aliphatic heterocycles. The van der Waals surface area contributed by atoms with E-state index in [0.717, 1.165) is 22.4 Å². The Labute approximate surface area is 124 Å². The van der Waals surface area contributed by atoms with Crippen molar-refractivity contribution < 1.29 is 9.53 Å². The molecule has 2 aromatic rings. The van der Waals surface area contributed by atoms with E-state index < -0.39 is 5.97 Å². The van der Waals surface area contributed by atoms with E-state index in [9.17, 15) is 4.79 Å². The quantitative estimate of drug-likeness (QED) is 0.853. The van der Waals surface area contributed by atoms with Crippen LogP contribution >= 0.6 is 15.9 Å². The van der Waals surface area contributed by atoms with Gasteiger partial charge in [0.25, 0.3) is 0 Å². The van der Waals surface area contributed by atoms with Crippen molar-refractivity contribution in [3.05, 3.63) is 27.8 Å². The molecule has 0 unspecified atom stereocenters. The lowest BCUT2D eigenvalue weighted by Crippen LogP contribution is -2.10. The summed E-state index contributed by atoms with van der Waals surface area (Å²) in [7, 11) is 1.30. The van der Waals surface area contributed by atoms with Crippen LogP contribution < -0.4 is 5.73 Å². The molecule has 0 aliphatic carbocycles. The maximum absolute atomic E-state index is 11.5. The average Bonchev–Trinajstić information content (AvgIpc) is 2.93. The zero-order chi connectivity index (χ0) is 14.9. The molecule has 0 aromatic carbocycles. The van der Waals surface area contributed by atoms with Crippen molar-refractivity contribution in [3.8, 4) is 0 Å². The maximum Gasteiger partial charge on any atom is 0.360 e. The predicted molar refractivity (Wildman–Crippen MR) is 77.4 cm³/mol. The Morgan fingerprint density at radius 3 is 2.80 bits per heavy atom. The number of hydrogen-bond donors (Lipinski definition) is 1. The molecule has 20 heavy (non-hydrogen) atoms. The van der Waals surface area contributed by atoms with Crippen LogP contribution in [0.4, 0.5) is 5.69 Å². The number of esters is 1. The number of ether oxygens (including phenoxy) is 1. The maximum atomic E-state index is 11.5. The van der Waals surface area contributed by atoms with E-state index in [2.05, 4.69) is 30.9 Å². The van der Waals surface area contributed by atoms with Gasteiger partial charge < -0.3 is 10.5 Å². The minimum Gasteiger partial charge on any atom is -0.464 e. The highest BCUT2D eigenvalue weighted by atomic mass is 79.9. The molecule has 2 heterocycles. The van der Waals surface area contributed by atoms with Gasteiger partial charge in [0.2, 0.25) is 0 Å². The Balaban J connectivity index is 2.33. The molecule has 0 aliphatic rings. The Hall–Kier alpha value is -1.83. The van der Waals surface area contributed by atoms with E-state index >= 15 is 0 Å². The van der Waals surface area contributed by atoms with Crippen molar-refractivity contribution in [2.45, 2.75) is 26.9 Å². The van der Waals surface area contributed by atoms with Crippen LogP contribution in [0.25, 0.3) is 0 Å². The number of anilines is 1. The Kier molecular flexibility index (Phi) is 4.12. The summed E-state index contributed by atoms with van der Waals surface area (Å²) in [6.45, 7) is 5.16. The number of carbonyl (C=O) groups excluding carboxylic acids is 1. The van der Waals surface area contributed by atoms with Crippen LogP contribution in [-0.4, -0.2) is 32.6 Å². The average molecular weight is 342 g/mol. The van der Waals surface area contributed by atoms with Gasteiger partial charge in [-0.25, -0.2) is 4.79 Å². The van der Waals surface area contributed by atoms with Crippen molar-refractivity contribution in [3.63, 3.8) is 0 Å². The van der Waals surface area contributed by atoms with E-state index in [-0.39, 0.29) is 5.69 Å². The van der Waals surface area contributed by atoms with Gasteiger partial charge in [-0.1, -0.05) is 0 Å². The predicted octanol–water partition coefficient (Wildman–Crippen LogP) is 1.59. The standard InChI is InChI=1S/C12H16BrN5O2/c1-4-18-9(10(13)7(2)15-18)6-17-5-8(14)11(16-17)12(19)20-3/h5H,4,6,14H2,1-3H3. The van der Waals surface area contributed by atoms with Gasteiger partial charge in [0.05, 0.1) is 35.2 Å². The van der Waals surface area contributed by atoms with Gasteiger partial charge in [0.15, 0.2) is 5.69 Å². The number of aryl methyl sites for hydroxylation is 2. The number of hydrogen-bond acceptors (Lipinski definition) is 5. The second kappa shape index (κ2) is 5.66. The van der Waals surface area contributed by atoms with E-state index in [1.165, 1.54) is 7.11 Å². The van der Waals surface area contributed by atoms with Gasteiger partial charge in [-0.05, 0) is 29.8 Å². The van der Waals surface area contributed by atoms with Gasteiger partial charge in [0.1, 0.15) is 0 Å². The molecule has 0 saturated heterocycles. The molecule has 0 saturated carbocycles. The molecule has 7 nitrogen and oxygen atoms in total. The van der Waals surface area contributed by atoms with Crippen molar-refractivity contribution in [2.75, 3.05) is 12.8 Å². The summed E-state index contributed by atoms with van der Waals surface area (Å²) in [6.07, 6.45) is 1.61. The molecule has 2 aromatic heterocycles. The Bertz CT molecular complexity index is 647. The van der Waals surface area contributed by atoms with Crippen molar-refractivity contribution >= 4 is 27.6 Å². The van der Waals surface area contributed by atoms with Crippen LogP contribution in [0.15, 0.2) is 10.7 Å². The third-order valence-corrected chi connectivity index (χ3v) is 3.96. The monoisotopic (exact) mass is 341 g/mol. The van der Waals surface area contributed by atoms with Gasteiger partial charge in [0, 0.05) is 12.7 Å². The third kappa shape index (κ3) is 2.55. The van der Waals surface area contributed by atoms with Gasteiger partial charge in [-0.2, -0.15) is 10.2 Å². The number of nitrogens with two attached hydrogens (primary N) is 1. The van der Waals surface area contributed by atoms with E-state index in [4.69, 9.17) is 5.73 Å². The lowest BCUT2D eigenvalue weighted by atomic mass is 10.3. The molecule has 108 valence electrons. The first-order chi connectivity index (χ1) is 9.47. The van der Waals surface area contributed by atoms with E-state index in [0.29, 0.717) is 12.2 Å². The summed E-state index contributed by atoms with van der Waals surface area (Å²) in [5.74, 6) is -0.541. The fraction of sp³-hybridized carbons (Fsp3) is 0.417. The molecular formula is C12H16BrN5O2. The summed E-state index contributed by atoms with van der Waals surface area (Å²) >= 11 is 3.52. The van der Waals surface area contributed by atoms with Crippen LogP contribution in [-0.2, 0) is 17.8 Å². The molecule has 0 amide bonds. The Morgan fingerprint density at radius 1 is 1.50 bits per heavy atom. The minimum atomic E-state index is -0.541. The zero-order valence-corrected chi connectivity index (χ0v) is 13.1. The number of nitrogen functional groups attached to an aromatic ring is 1. The lowest BCUT2D eigenvalue weighted by Gasteiger charge is -2.05. The summed E-state index contributed by atoms with van der Waals surface area (Å²) in [6, 6.07) is 0. The van der Waals surface area contributed by atoms with Gasteiger partial charge >= 0.3 is 5.97 Å². The topological polar surface area (TPSA) is 88.0 Å². The number of halogens is 1. The van der Waals surface area contributed by atoms with Crippen molar-refractivity contribution in [2.24, 2.45) is 0 Å². The number of rotatable bonds is 4. The van der Waals surface area contributed by atoms with Crippen LogP contribution in [0.2, 0.25) is 0 Å². The molecule has 2 rings (SSSR count). The van der Waals surface area contributed by atoms with Gasteiger partial charge in [-0.3, -0.25) is 9.36 Å². The summed E-state index contributed by atoms with van der Waals surface area (Å²) in [5, 5.41) is 8.57. The molecule has 0 fully saturated rings. The van der Waals surface area contributed by atoms with Crippen molar-refractivity contribution in [1.82, 2.24) is 19.6 Å². The second-order valence-electron chi connectivity index (χ2n) is 4.28. The molecule has 0 spiro atoms. The smallest absolute Gasteiger partial charge is 0.360 e. The fourth-order valence-electron chi connectivity index (χ4n) is 1.95. The van der Waals surface area contributed by atoms with E-state index in [1.807, 2.05) is 18.5 Å². The van der Waals surface area contributed by atoms with E-state index in [1.54, 1.807) is 10.9 Å². The van der Waals surface area contributed by atoms with Gasteiger partial charge in [-0.15, -0.1) is 0 Å². The van der Waals surface area contributed by atoms with Crippen LogP contribution in [0.3, 0.4) is 0 Å². The number of methoxy groups -OCH3 is 1. The molecule has 0 atom stereocenters. The molecule has 0 radical (unpaired) electrons. The first kappa shape index (κ1) is 14.6. The number of aromatic nitrogens is 4.